The number of nitriles is 1. The molecule has 3 aromatic rings. The Kier molecular flexibility index (Phi) is 2.96. The van der Waals surface area contributed by atoms with Gasteiger partial charge < -0.3 is 0 Å². The summed E-state index contributed by atoms with van der Waals surface area (Å²) in [5, 5.41) is 17.2. The summed E-state index contributed by atoms with van der Waals surface area (Å²) in [4.78, 5) is 0. The first-order valence-electron chi connectivity index (χ1n) is 6.54. The first-order valence-corrected chi connectivity index (χ1v) is 6.54. The Labute approximate surface area is 117 Å². The van der Waals surface area contributed by atoms with Crippen LogP contribution in [0.5, 0.6) is 0 Å². The lowest BCUT2D eigenvalue weighted by molar-refractivity contribution is 0.867. The van der Waals surface area contributed by atoms with Crippen LogP contribution in [0.3, 0.4) is 0 Å². The summed E-state index contributed by atoms with van der Waals surface area (Å²) in [6, 6.07) is 14.0. The Morgan fingerprint density at radius 2 is 1.85 bits per heavy atom. The molecule has 0 spiro atoms. The fourth-order valence-corrected chi connectivity index (χ4v) is 2.17. The zero-order valence-corrected chi connectivity index (χ0v) is 11.4. The predicted molar refractivity (Wildman–Crippen MR) is 77.2 cm³/mol. The molecule has 1 aromatic carbocycles. The zero-order valence-electron chi connectivity index (χ0n) is 11.4. The van der Waals surface area contributed by atoms with E-state index in [1.165, 1.54) is 5.56 Å². The Morgan fingerprint density at radius 3 is 2.50 bits per heavy atom. The van der Waals surface area contributed by atoms with Gasteiger partial charge in [-0.2, -0.15) is 5.26 Å². The molecular weight excluding hydrogens is 248 g/mol. The molecule has 2 aromatic heterocycles. The molecule has 0 aliphatic carbocycles. The summed E-state index contributed by atoms with van der Waals surface area (Å²) in [6.07, 6.45) is 1.83. The monoisotopic (exact) mass is 262 g/mol. The first-order chi connectivity index (χ1) is 9.69. The van der Waals surface area contributed by atoms with Crippen molar-refractivity contribution in [3.8, 4) is 17.5 Å². The first kappa shape index (κ1) is 12.4. The fourth-order valence-electron chi connectivity index (χ4n) is 2.17. The van der Waals surface area contributed by atoms with Crippen molar-refractivity contribution in [2.45, 2.75) is 19.8 Å². The molecule has 3 rings (SSSR count). The van der Waals surface area contributed by atoms with Gasteiger partial charge in [0, 0.05) is 17.8 Å². The predicted octanol–water partition coefficient (Wildman–Crippen LogP) is 3.39. The van der Waals surface area contributed by atoms with Gasteiger partial charge in [-0.25, -0.2) is 0 Å². The number of pyridine rings is 1. The van der Waals surface area contributed by atoms with E-state index in [1.807, 2.05) is 10.6 Å². The zero-order chi connectivity index (χ0) is 14.1. The third-order valence-electron chi connectivity index (χ3n) is 3.37. The minimum absolute atomic E-state index is 0.511. The van der Waals surface area contributed by atoms with Gasteiger partial charge in [0.05, 0.1) is 11.6 Å². The topological polar surface area (TPSA) is 54.0 Å². The third kappa shape index (κ3) is 2.04. The Morgan fingerprint density at radius 1 is 1.10 bits per heavy atom. The molecule has 20 heavy (non-hydrogen) atoms. The lowest BCUT2D eigenvalue weighted by Crippen LogP contribution is -1.91. The maximum absolute atomic E-state index is 8.90. The lowest BCUT2D eigenvalue weighted by atomic mass is 10.0. The third-order valence-corrected chi connectivity index (χ3v) is 3.37. The van der Waals surface area contributed by atoms with Gasteiger partial charge in [-0.05, 0) is 17.5 Å². The van der Waals surface area contributed by atoms with E-state index in [9.17, 15) is 0 Å². The van der Waals surface area contributed by atoms with Crippen LogP contribution in [0.15, 0.2) is 42.6 Å². The van der Waals surface area contributed by atoms with E-state index in [4.69, 9.17) is 5.26 Å². The van der Waals surface area contributed by atoms with Crippen molar-refractivity contribution in [3.63, 3.8) is 0 Å². The van der Waals surface area contributed by atoms with Gasteiger partial charge in [-0.3, -0.25) is 4.40 Å². The maximum Gasteiger partial charge on any atom is 0.168 e. The Hall–Kier alpha value is -2.67. The van der Waals surface area contributed by atoms with Gasteiger partial charge in [0.25, 0.3) is 0 Å². The average molecular weight is 262 g/mol. The highest BCUT2D eigenvalue weighted by atomic mass is 15.2. The molecule has 0 unspecified atom stereocenters. The van der Waals surface area contributed by atoms with E-state index in [-0.39, 0.29) is 0 Å². The molecule has 0 atom stereocenters. The molecule has 0 amide bonds. The van der Waals surface area contributed by atoms with Gasteiger partial charge in [0.15, 0.2) is 11.5 Å². The van der Waals surface area contributed by atoms with Crippen LogP contribution in [0, 0.1) is 11.3 Å². The van der Waals surface area contributed by atoms with Crippen LogP contribution >= 0.6 is 0 Å². The van der Waals surface area contributed by atoms with Gasteiger partial charge in [0.2, 0.25) is 0 Å². The summed E-state index contributed by atoms with van der Waals surface area (Å²) in [5.74, 6) is 1.30. The molecule has 0 bridgehead atoms. The molecule has 0 aliphatic heterocycles. The standard InChI is InChI=1S/C16H14N4/c1-11(2)13-3-5-14(6-4-13)16-19-18-15-9-12(10-17)7-8-20(15)16/h3-9,11H,1-2H3. The molecule has 0 saturated heterocycles. The van der Waals surface area contributed by atoms with E-state index in [1.54, 1.807) is 12.1 Å². The second-order valence-corrected chi connectivity index (χ2v) is 5.06. The number of rotatable bonds is 2. The summed E-state index contributed by atoms with van der Waals surface area (Å²) in [5.41, 5.74) is 3.60. The van der Waals surface area contributed by atoms with Crippen molar-refractivity contribution in [2.24, 2.45) is 0 Å². The van der Waals surface area contributed by atoms with Crippen LogP contribution in [0.25, 0.3) is 17.0 Å². The van der Waals surface area contributed by atoms with Crippen molar-refractivity contribution < 1.29 is 0 Å². The highest BCUT2D eigenvalue weighted by Gasteiger charge is 2.09. The van der Waals surface area contributed by atoms with Crippen LogP contribution in [-0.2, 0) is 0 Å². The van der Waals surface area contributed by atoms with Crippen molar-refractivity contribution in [2.75, 3.05) is 0 Å². The quantitative estimate of drug-likeness (QED) is 0.711. The molecule has 4 nitrogen and oxygen atoms in total. The van der Waals surface area contributed by atoms with Crippen molar-refractivity contribution in [1.82, 2.24) is 14.6 Å². The van der Waals surface area contributed by atoms with Crippen molar-refractivity contribution in [3.05, 3.63) is 53.7 Å². The summed E-state index contributed by atoms with van der Waals surface area (Å²) < 4.78 is 1.89. The molecular formula is C16H14N4. The SMILES string of the molecule is CC(C)c1ccc(-c2nnc3cc(C#N)ccn23)cc1. The lowest BCUT2D eigenvalue weighted by Gasteiger charge is -2.06. The van der Waals surface area contributed by atoms with Gasteiger partial charge in [0.1, 0.15) is 0 Å². The van der Waals surface area contributed by atoms with Gasteiger partial charge in [-0.1, -0.05) is 38.1 Å². The fraction of sp³-hybridized carbons (Fsp3) is 0.188. The smallest absolute Gasteiger partial charge is 0.168 e. The van der Waals surface area contributed by atoms with Crippen LogP contribution in [-0.4, -0.2) is 14.6 Å². The number of nitrogens with zero attached hydrogens (tertiary/aromatic N) is 4. The molecule has 0 aliphatic rings. The highest BCUT2D eigenvalue weighted by Crippen LogP contribution is 2.22. The summed E-state index contributed by atoms with van der Waals surface area (Å²) in [6.45, 7) is 4.34. The van der Waals surface area contributed by atoms with E-state index >= 15 is 0 Å². The Balaban J connectivity index is 2.08. The van der Waals surface area contributed by atoms with Gasteiger partial charge in [-0.15, -0.1) is 10.2 Å². The highest BCUT2D eigenvalue weighted by molar-refractivity contribution is 5.60. The number of aromatic nitrogens is 3. The molecule has 2 heterocycles. The molecule has 0 saturated carbocycles. The van der Waals surface area contributed by atoms with Crippen LogP contribution in [0.1, 0.15) is 30.9 Å². The molecule has 0 N–H and O–H groups in total. The maximum atomic E-state index is 8.90. The summed E-state index contributed by atoms with van der Waals surface area (Å²) >= 11 is 0. The largest absolute Gasteiger partial charge is 0.282 e. The van der Waals surface area contributed by atoms with Crippen LogP contribution in [0.4, 0.5) is 0 Å². The number of hydrogen-bond acceptors (Lipinski definition) is 3. The number of fused-ring (bicyclic) bond motifs is 1. The van der Waals surface area contributed by atoms with Crippen LogP contribution < -0.4 is 0 Å². The van der Waals surface area contributed by atoms with E-state index in [0.29, 0.717) is 17.1 Å². The molecule has 98 valence electrons. The summed E-state index contributed by atoms with van der Waals surface area (Å²) in [7, 11) is 0. The van der Waals surface area contributed by atoms with E-state index in [2.05, 4.69) is 54.4 Å². The van der Waals surface area contributed by atoms with Crippen molar-refractivity contribution >= 4 is 5.65 Å². The van der Waals surface area contributed by atoms with E-state index in [0.717, 1.165) is 11.4 Å². The van der Waals surface area contributed by atoms with E-state index < -0.39 is 0 Å². The normalized spacial score (nSPS) is 10.9. The molecule has 4 heteroatoms. The number of hydrogen-bond donors (Lipinski definition) is 0. The van der Waals surface area contributed by atoms with Gasteiger partial charge >= 0.3 is 0 Å². The second kappa shape index (κ2) is 4.78. The second-order valence-electron chi connectivity index (χ2n) is 5.06. The minimum Gasteiger partial charge on any atom is -0.282 e. The average Bonchev–Trinajstić information content (AvgIpc) is 2.90. The Bertz CT molecular complexity index is 791. The molecule has 0 radical (unpaired) electrons. The number of benzene rings is 1. The minimum atomic E-state index is 0.511. The van der Waals surface area contributed by atoms with Crippen molar-refractivity contribution in [1.29, 1.82) is 5.26 Å². The molecule has 0 fully saturated rings. The van der Waals surface area contributed by atoms with Crippen LogP contribution in [0.2, 0.25) is 0 Å².